The monoisotopic (exact) mass is 274 g/mol. The maximum atomic E-state index is 11.7. The van der Waals surface area contributed by atoms with E-state index in [1.165, 1.54) is 4.90 Å². The van der Waals surface area contributed by atoms with Crippen molar-refractivity contribution in [2.24, 2.45) is 0 Å². The second-order valence-electron chi connectivity index (χ2n) is 4.67. The summed E-state index contributed by atoms with van der Waals surface area (Å²) in [4.78, 5) is 23.7. The van der Waals surface area contributed by atoms with E-state index in [1.54, 1.807) is 0 Å². The van der Waals surface area contributed by atoms with Crippen LogP contribution in [0.5, 0.6) is 0 Å². The summed E-state index contributed by atoms with van der Waals surface area (Å²) in [6.45, 7) is 7.30. The highest BCUT2D eigenvalue weighted by Crippen LogP contribution is 1.96. The molecule has 0 fully saturated rings. The van der Waals surface area contributed by atoms with Crippen molar-refractivity contribution < 1.29 is 19.4 Å². The summed E-state index contributed by atoms with van der Waals surface area (Å²) in [5.41, 5.74) is 0. The summed E-state index contributed by atoms with van der Waals surface area (Å²) in [6.07, 6.45) is 2.67. The van der Waals surface area contributed by atoms with Gasteiger partial charge in [0.15, 0.2) is 0 Å². The first kappa shape index (κ1) is 17.7. The molecule has 0 rings (SSSR count). The molecule has 0 saturated carbocycles. The number of nitrogens with zero attached hydrogens (tertiary/aromatic N) is 1. The third kappa shape index (κ3) is 10.3. The number of amides is 2. The van der Waals surface area contributed by atoms with Gasteiger partial charge in [-0.2, -0.15) is 0 Å². The standard InChI is InChI=1S/C13H26N2O4/c1-4-8-15(10-12(16)17)13(18)14-7-5-6-9-19-11(2)3/h11H,4-10H2,1-3H3,(H,14,18)(H,16,17). The average Bonchev–Trinajstić information content (AvgIpc) is 2.31. The van der Waals surface area contributed by atoms with Crippen LogP contribution in [0.1, 0.15) is 40.0 Å². The van der Waals surface area contributed by atoms with Crippen molar-refractivity contribution in [3.05, 3.63) is 0 Å². The largest absolute Gasteiger partial charge is 0.480 e. The molecule has 6 nitrogen and oxygen atoms in total. The maximum absolute atomic E-state index is 11.7. The second kappa shape index (κ2) is 10.6. The van der Waals surface area contributed by atoms with Gasteiger partial charge in [-0.15, -0.1) is 0 Å². The SMILES string of the molecule is CCCN(CC(=O)O)C(=O)NCCCCOC(C)C. The summed E-state index contributed by atoms with van der Waals surface area (Å²) in [5, 5.41) is 11.4. The van der Waals surface area contributed by atoms with Gasteiger partial charge in [0.25, 0.3) is 0 Å². The van der Waals surface area contributed by atoms with E-state index in [9.17, 15) is 9.59 Å². The van der Waals surface area contributed by atoms with Gasteiger partial charge < -0.3 is 20.1 Å². The van der Waals surface area contributed by atoms with Gasteiger partial charge in [-0.1, -0.05) is 6.92 Å². The summed E-state index contributed by atoms with van der Waals surface area (Å²) in [5.74, 6) is -0.992. The molecular weight excluding hydrogens is 248 g/mol. The van der Waals surface area contributed by atoms with E-state index in [1.807, 2.05) is 20.8 Å². The molecule has 0 atom stereocenters. The van der Waals surface area contributed by atoms with Crippen molar-refractivity contribution in [3.63, 3.8) is 0 Å². The van der Waals surface area contributed by atoms with Crippen LogP contribution in [0.2, 0.25) is 0 Å². The molecule has 0 aliphatic rings. The van der Waals surface area contributed by atoms with Crippen LogP contribution in [-0.2, 0) is 9.53 Å². The van der Waals surface area contributed by atoms with E-state index in [2.05, 4.69) is 5.32 Å². The Kier molecular flexibility index (Phi) is 9.88. The van der Waals surface area contributed by atoms with Crippen LogP contribution in [0, 0.1) is 0 Å². The van der Waals surface area contributed by atoms with Gasteiger partial charge >= 0.3 is 12.0 Å². The number of carboxylic acid groups (broad SMARTS) is 1. The van der Waals surface area contributed by atoms with Gasteiger partial charge in [0.1, 0.15) is 6.54 Å². The predicted octanol–water partition coefficient (Wildman–Crippen LogP) is 1.70. The number of aliphatic carboxylic acids is 1. The highest BCUT2D eigenvalue weighted by molar-refractivity contribution is 5.79. The molecule has 0 aliphatic heterocycles. The van der Waals surface area contributed by atoms with E-state index in [0.29, 0.717) is 19.7 Å². The number of urea groups is 1. The van der Waals surface area contributed by atoms with Crippen molar-refractivity contribution in [3.8, 4) is 0 Å². The first-order valence-electron chi connectivity index (χ1n) is 6.83. The molecule has 0 aliphatic carbocycles. The zero-order valence-corrected chi connectivity index (χ0v) is 12.1. The Hall–Kier alpha value is -1.30. The third-order valence-corrected chi connectivity index (χ3v) is 2.41. The van der Waals surface area contributed by atoms with Crippen molar-refractivity contribution in [2.45, 2.75) is 46.1 Å². The molecule has 19 heavy (non-hydrogen) atoms. The number of carbonyl (C=O) groups is 2. The highest BCUT2D eigenvalue weighted by Gasteiger charge is 2.14. The molecule has 0 radical (unpaired) electrons. The molecule has 0 unspecified atom stereocenters. The number of unbranched alkanes of at least 4 members (excludes halogenated alkanes) is 1. The molecule has 0 saturated heterocycles. The quantitative estimate of drug-likeness (QED) is 0.594. The second-order valence-corrected chi connectivity index (χ2v) is 4.67. The van der Waals surface area contributed by atoms with Gasteiger partial charge in [0, 0.05) is 19.7 Å². The van der Waals surface area contributed by atoms with Gasteiger partial charge in [0.05, 0.1) is 6.10 Å². The van der Waals surface area contributed by atoms with Crippen LogP contribution < -0.4 is 5.32 Å². The van der Waals surface area contributed by atoms with E-state index in [0.717, 1.165) is 19.3 Å². The lowest BCUT2D eigenvalue weighted by Crippen LogP contribution is -2.43. The summed E-state index contributed by atoms with van der Waals surface area (Å²) >= 11 is 0. The van der Waals surface area contributed by atoms with Gasteiger partial charge in [-0.05, 0) is 33.1 Å². The maximum Gasteiger partial charge on any atom is 0.323 e. The molecule has 0 aromatic rings. The fraction of sp³-hybridized carbons (Fsp3) is 0.846. The zero-order chi connectivity index (χ0) is 14.7. The Morgan fingerprint density at radius 1 is 1.32 bits per heavy atom. The molecule has 0 aromatic carbocycles. The highest BCUT2D eigenvalue weighted by atomic mass is 16.5. The molecule has 2 N–H and O–H groups in total. The lowest BCUT2D eigenvalue weighted by atomic mass is 10.3. The predicted molar refractivity (Wildman–Crippen MR) is 73.2 cm³/mol. The van der Waals surface area contributed by atoms with Crippen molar-refractivity contribution in [2.75, 3.05) is 26.2 Å². The molecule has 6 heteroatoms. The van der Waals surface area contributed by atoms with Gasteiger partial charge in [0.2, 0.25) is 0 Å². The fourth-order valence-electron chi connectivity index (χ4n) is 1.54. The molecule has 112 valence electrons. The topological polar surface area (TPSA) is 78.9 Å². The molecule has 0 bridgehead atoms. The lowest BCUT2D eigenvalue weighted by Gasteiger charge is -2.20. The zero-order valence-electron chi connectivity index (χ0n) is 12.1. The van der Waals surface area contributed by atoms with Gasteiger partial charge in [-0.25, -0.2) is 4.79 Å². The number of carboxylic acids is 1. The molecular formula is C13H26N2O4. The molecule has 0 aromatic heterocycles. The van der Waals surface area contributed by atoms with Crippen LogP contribution in [0.3, 0.4) is 0 Å². The number of ether oxygens (including phenoxy) is 1. The van der Waals surface area contributed by atoms with Crippen LogP contribution in [0.4, 0.5) is 4.79 Å². The van der Waals surface area contributed by atoms with E-state index < -0.39 is 5.97 Å². The minimum absolute atomic E-state index is 0.227. The summed E-state index contributed by atoms with van der Waals surface area (Å²) in [6, 6.07) is -0.311. The number of hydrogen-bond acceptors (Lipinski definition) is 3. The van der Waals surface area contributed by atoms with E-state index >= 15 is 0 Å². The number of nitrogens with one attached hydrogen (secondary N) is 1. The normalized spacial score (nSPS) is 10.5. The number of rotatable bonds is 10. The minimum Gasteiger partial charge on any atom is -0.480 e. The first-order chi connectivity index (χ1) is 8.97. The summed E-state index contributed by atoms with van der Waals surface area (Å²) in [7, 11) is 0. The Morgan fingerprint density at radius 3 is 2.53 bits per heavy atom. The Balaban J connectivity index is 3.77. The minimum atomic E-state index is -0.992. The Morgan fingerprint density at radius 2 is 2.00 bits per heavy atom. The fourth-order valence-corrected chi connectivity index (χ4v) is 1.54. The van der Waals surface area contributed by atoms with Crippen molar-refractivity contribution >= 4 is 12.0 Å². The average molecular weight is 274 g/mol. The molecule has 0 spiro atoms. The van der Waals surface area contributed by atoms with E-state index in [-0.39, 0.29) is 18.7 Å². The molecule has 2 amide bonds. The van der Waals surface area contributed by atoms with E-state index in [4.69, 9.17) is 9.84 Å². The number of carbonyl (C=O) groups excluding carboxylic acids is 1. The third-order valence-electron chi connectivity index (χ3n) is 2.41. The Labute approximate surface area is 115 Å². The molecule has 0 heterocycles. The summed E-state index contributed by atoms with van der Waals surface area (Å²) < 4.78 is 5.39. The van der Waals surface area contributed by atoms with Crippen LogP contribution in [0.15, 0.2) is 0 Å². The van der Waals surface area contributed by atoms with Crippen molar-refractivity contribution in [1.29, 1.82) is 0 Å². The first-order valence-corrected chi connectivity index (χ1v) is 6.83. The van der Waals surface area contributed by atoms with Crippen LogP contribution in [-0.4, -0.2) is 54.4 Å². The van der Waals surface area contributed by atoms with Crippen LogP contribution >= 0.6 is 0 Å². The Bertz CT molecular complexity index is 269. The van der Waals surface area contributed by atoms with Crippen molar-refractivity contribution in [1.82, 2.24) is 10.2 Å². The smallest absolute Gasteiger partial charge is 0.323 e. The van der Waals surface area contributed by atoms with Crippen LogP contribution in [0.25, 0.3) is 0 Å². The lowest BCUT2D eigenvalue weighted by molar-refractivity contribution is -0.137. The van der Waals surface area contributed by atoms with Gasteiger partial charge in [-0.3, -0.25) is 4.79 Å². The number of hydrogen-bond donors (Lipinski definition) is 2.